The number of anilines is 1. The Morgan fingerprint density at radius 1 is 1.20 bits per heavy atom. The zero-order chi connectivity index (χ0) is 14.5. The summed E-state index contributed by atoms with van der Waals surface area (Å²) in [5.74, 6) is -0.906. The first-order valence-corrected chi connectivity index (χ1v) is 6.93. The van der Waals surface area contributed by atoms with Crippen LogP contribution in [0.25, 0.3) is 0 Å². The summed E-state index contributed by atoms with van der Waals surface area (Å²) >= 11 is 1.24. The van der Waals surface area contributed by atoms with Gasteiger partial charge in [0.05, 0.1) is 11.6 Å². The molecule has 0 aliphatic carbocycles. The minimum atomic E-state index is -0.680. The maximum Gasteiger partial charge on any atom is 0.251 e. The van der Waals surface area contributed by atoms with Gasteiger partial charge in [0.1, 0.15) is 5.00 Å². The number of hydrogen-bond acceptors (Lipinski definition) is 4. The second kappa shape index (κ2) is 6.31. The average molecular weight is 289 g/mol. The largest absolute Gasteiger partial charge is 0.366 e. The summed E-state index contributed by atoms with van der Waals surface area (Å²) in [5.41, 5.74) is 12.4. The highest BCUT2D eigenvalue weighted by atomic mass is 32.1. The third kappa shape index (κ3) is 3.43. The van der Waals surface area contributed by atoms with E-state index in [1.54, 1.807) is 11.4 Å². The number of hydrogen-bond donors (Lipinski definition) is 3. The first kappa shape index (κ1) is 14.2. The molecule has 0 fully saturated rings. The molecule has 5 nitrogen and oxygen atoms in total. The lowest BCUT2D eigenvalue weighted by molar-refractivity contribution is -0.117. The summed E-state index contributed by atoms with van der Waals surface area (Å²) in [6.45, 7) is 0. The Hall–Kier alpha value is -2.18. The normalized spacial score (nSPS) is 11.8. The summed E-state index contributed by atoms with van der Waals surface area (Å²) in [6, 6.07) is 10.4. The van der Waals surface area contributed by atoms with Crippen LogP contribution in [0.1, 0.15) is 15.9 Å². The van der Waals surface area contributed by atoms with Crippen LogP contribution in [0.15, 0.2) is 41.8 Å². The summed E-state index contributed by atoms with van der Waals surface area (Å²) in [5, 5.41) is 4.77. The molecule has 0 aliphatic rings. The van der Waals surface area contributed by atoms with Crippen molar-refractivity contribution < 1.29 is 9.59 Å². The van der Waals surface area contributed by atoms with Crippen LogP contribution in [0.3, 0.4) is 0 Å². The molecule has 2 rings (SSSR count). The van der Waals surface area contributed by atoms with Crippen molar-refractivity contribution in [2.75, 3.05) is 5.32 Å². The van der Waals surface area contributed by atoms with Crippen LogP contribution in [0.5, 0.6) is 0 Å². The van der Waals surface area contributed by atoms with E-state index in [9.17, 15) is 9.59 Å². The fourth-order valence-electron chi connectivity index (χ4n) is 1.77. The molecule has 20 heavy (non-hydrogen) atoms. The van der Waals surface area contributed by atoms with Gasteiger partial charge in [-0.2, -0.15) is 0 Å². The standard InChI is InChI=1S/C14H15N3O2S/c15-11(8-9-4-2-1-3-5-9)13(19)17-14-10(12(16)18)6-7-20-14/h1-7,11H,8,15H2,(H2,16,18)(H,17,19)/t11-/m1/s1. The van der Waals surface area contributed by atoms with Gasteiger partial charge in [0, 0.05) is 0 Å². The SMILES string of the molecule is NC(=O)c1ccsc1NC(=O)[C@H](N)Cc1ccccc1. The van der Waals surface area contributed by atoms with E-state index < -0.39 is 11.9 Å². The fourth-order valence-corrected chi connectivity index (χ4v) is 2.56. The van der Waals surface area contributed by atoms with Crippen molar-refractivity contribution in [3.8, 4) is 0 Å². The molecule has 1 heterocycles. The van der Waals surface area contributed by atoms with E-state index in [-0.39, 0.29) is 5.91 Å². The molecule has 104 valence electrons. The van der Waals surface area contributed by atoms with E-state index in [1.165, 1.54) is 11.3 Å². The lowest BCUT2D eigenvalue weighted by atomic mass is 10.1. The molecule has 0 aliphatic heterocycles. The van der Waals surface area contributed by atoms with Gasteiger partial charge in [-0.15, -0.1) is 11.3 Å². The predicted octanol–water partition coefficient (Wildman–Crippen LogP) is 1.36. The zero-order valence-corrected chi connectivity index (χ0v) is 11.5. The quantitative estimate of drug-likeness (QED) is 0.775. The molecule has 0 saturated carbocycles. The van der Waals surface area contributed by atoms with E-state index in [0.29, 0.717) is 17.0 Å². The topological polar surface area (TPSA) is 98.2 Å². The summed E-state index contributed by atoms with van der Waals surface area (Å²) in [4.78, 5) is 23.2. The molecular formula is C14H15N3O2S. The van der Waals surface area contributed by atoms with Crippen molar-refractivity contribution in [3.63, 3.8) is 0 Å². The maximum atomic E-state index is 12.0. The van der Waals surface area contributed by atoms with Gasteiger partial charge in [0.15, 0.2) is 0 Å². The van der Waals surface area contributed by atoms with Crippen LogP contribution >= 0.6 is 11.3 Å². The van der Waals surface area contributed by atoms with Crippen LogP contribution in [-0.4, -0.2) is 17.9 Å². The highest BCUT2D eigenvalue weighted by Gasteiger charge is 2.17. The first-order valence-electron chi connectivity index (χ1n) is 6.05. The smallest absolute Gasteiger partial charge is 0.251 e. The van der Waals surface area contributed by atoms with E-state index in [4.69, 9.17) is 11.5 Å². The van der Waals surface area contributed by atoms with Crippen molar-refractivity contribution in [1.82, 2.24) is 0 Å². The molecular weight excluding hydrogens is 274 g/mol. The molecule has 0 saturated heterocycles. The van der Waals surface area contributed by atoms with Crippen LogP contribution in [0.4, 0.5) is 5.00 Å². The molecule has 0 radical (unpaired) electrons. The molecule has 1 aromatic heterocycles. The predicted molar refractivity (Wildman–Crippen MR) is 79.6 cm³/mol. The first-order chi connectivity index (χ1) is 9.58. The van der Waals surface area contributed by atoms with E-state index in [1.807, 2.05) is 30.3 Å². The molecule has 2 amide bonds. The van der Waals surface area contributed by atoms with Crippen molar-refractivity contribution >= 4 is 28.2 Å². The van der Waals surface area contributed by atoms with E-state index in [2.05, 4.69) is 5.32 Å². The van der Waals surface area contributed by atoms with Crippen LogP contribution < -0.4 is 16.8 Å². The Bertz CT molecular complexity index is 610. The Morgan fingerprint density at radius 2 is 1.90 bits per heavy atom. The lowest BCUT2D eigenvalue weighted by Gasteiger charge is -2.12. The fraction of sp³-hybridized carbons (Fsp3) is 0.143. The second-order valence-electron chi connectivity index (χ2n) is 4.31. The van der Waals surface area contributed by atoms with Gasteiger partial charge in [-0.3, -0.25) is 9.59 Å². The van der Waals surface area contributed by atoms with Crippen LogP contribution in [0, 0.1) is 0 Å². The van der Waals surface area contributed by atoms with Crippen LogP contribution in [0.2, 0.25) is 0 Å². The highest BCUT2D eigenvalue weighted by Crippen LogP contribution is 2.22. The number of thiophene rings is 1. The third-order valence-corrected chi connectivity index (χ3v) is 3.63. The average Bonchev–Trinajstić information content (AvgIpc) is 2.88. The van der Waals surface area contributed by atoms with Gasteiger partial charge < -0.3 is 16.8 Å². The number of benzene rings is 1. The summed E-state index contributed by atoms with van der Waals surface area (Å²) < 4.78 is 0. The Morgan fingerprint density at radius 3 is 2.55 bits per heavy atom. The van der Waals surface area contributed by atoms with Gasteiger partial charge >= 0.3 is 0 Å². The van der Waals surface area contributed by atoms with Crippen molar-refractivity contribution in [2.24, 2.45) is 11.5 Å². The molecule has 0 unspecified atom stereocenters. The molecule has 6 heteroatoms. The van der Waals surface area contributed by atoms with Gasteiger partial charge in [-0.25, -0.2) is 0 Å². The third-order valence-electron chi connectivity index (χ3n) is 2.80. The van der Waals surface area contributed by atoms with Crippen molar-refractivity contribution in [2.45, 2.75) is 12.5 Å². The molecule has 1 aromatic carbocycles. The highest BCUT2D eigenvalue weighted by molar-refractivity contribution is 7.14. The van der Waals surface area contributed by atoms with E-state index >= 15 is 0 Å². The van der Waals surface area contributed by atoms with E-state index in [0.717, 1.165) is 5.56 Å². The maximum absolute atomic E-state index is 12.0. The summed E-state index contributed by atoms with van der Waals surface area (Å²) in [7, 11) is 0. The van der Waals surface area contributed by atoms with Crippen molar-refractivity contribution in [3.05, 3.63) is 52.9 Å². The number of primary amides is 1. The molecule has 0 bridgehead atoms. The number of nitrogens with two attached hydrogens (primary N) is 2. The van der Waals surface area contributed by atoms with Crippen LogP contribution in [-0.2, 0) is 11.2 Å². The zero-order valence-electron chi connectivity index (χ0n) is 10.7. The molecule has 5 N–H and O–H groups in total. The molecule has 1 atom stereocenters. The van der Waals surface area contributed by atoms with Gasteiger partial charge in [0.25, 0.3) is 5.91 Å². The number of amides is 2. The Balaban J connectivity index is 2.01. The number of carbonyl (C=O) groups excluding carboxylic acids is 2. The minimum absolute atomic E-state index is 0.301. The summed E-state index contributed by atoms with van der Waals surface area (Å²) in [6.07, 6.45) is 0.434. The lowest BCUT2D eigenvalue weighted by Crippen LogP contribution is -2.37. The van der Waals surface area contributed by atoms with Gasteiger partial charge in [-0.05, 0) is 23.4 Å². The van der Waals surface area contributed by atoms with Crippen molar-refractivity contribution in [1.29, 1.82) is 0 Å². The van der Waals surface area contributed by atoms with Gasteiger partial charge in [-0.1, -0.05) is 30.3 Å². The second-order valence-corrected chi connectivity index (χ2v) is 5.23. The minimum Gasteiger partial charge on any atom is -0.366 e. The Kier molecular flexibility index (Phi) is 4.49. The number of carbonyl (C=O) groups is 2. The number of rotatable bonds is 5. The Labute approximate surface area is 120 Å². The molecule has 0 spiro atoms. The monoisotopic (exact) mass is 289 g/mol. The molecule has 2 aromatic rings. The van der Waals surface area contributed by atoms with Gasteiger partial charge in [0.2, 0.25) is 5.91 Å². The number of nitrogens with one attached hydrogen (secondary N) is 1.